The molecule has 0 aliphatic rings. The number of carbonyl (C=O) groups excluding carboxylic acids is 2. The molecule has 0 radical (unpaired) electrons. The topological polar surface area (TPSA) is 133 Å². The number of benzene rings is 2. The van der Waals surface area contributed by atoms with Crippen LogP contribution < -0.4 is 26.6 Å². The van der Waals surface area contributed by atoms with E-state index in [0.717, 1.165) is 24.9 Å². The van der Waals surface area contributed by atoms with E-state index in [4.69, 9.17) is 0 Å². The molecule has 0 bridgehead atoms. The Morgan fingerprint density at radius 2 is 1.32 bits per heavy atom. The van der Waals surface area contributed by atoms with Crippen molar-refractivity contribution in [1.29, 1.82) is 0 Å². The second kappa shape index (κ2) is 15.6. The summed E-state index contributed by atoms with van der Waals surface area (Å²) >= 11 is 0. The van der Waals surface area contributed by atoms with Crippen LogP contribution >= 0.6 is 0 Å². The van der Waals surface area contributed by atoms with Crippen LogP contribution in [-0.2, 0) is 6.54 Å². The summed E-state index contributed by atoms with van der Waals surface area (Å²) in [4.78, 5) is 37.8. The Morgan fingerprint density at radius 1 is 0.737 bits per heavy atom. The minimum Gasteiger partial charge on any atom is -0.354 e. The maximum atomic E-state index is 12.5. The number of anilines is 3. The molecular weight excluding hydrogens is 480 g/mol. The van der Waals surface area contributed by atoms with Gasteiger partial charge in [-0.1, -0.05) is 49.8 Å². The molecule has 0 aliphatic heterocycles. The van der Waals surface area contributed by atoms with Gasteiger partial charge in [-0.3, -0.25) is 9.59 Å². The van der Waals surface area contributed by atoms with Crippen LogP contribution in [0, 0.1) is 0 Å². The molecule has 0 atom stereocenters. The normalized spacial score (nSPS) is 10.3. The van der Waals surface area contributed by atoms with Crippen LogP contribution in [0.2, 0.25) is 0 Å². The lowest BCUT2D eigenvalue weighted by molar-refractivity contribution is 0.0951. The lowest BCUT2D eigenvalue weighted by Crippen LogP contribution is -2.29. The first-order valence-corrected chi connectivity index (χ1v) is 12.9. The Hall–Kier alpha value is -4.47. The van der Waals surface area contributed by atoms with Crippen molar-refractivity contribution in [1.82, 2.24) is 25.6 Å². The van der Waals surface area contributed by atoms with E-state index < -0.39 is 0 Å². The lowest BCUT2D eigenvalue weighted by Gasteiger charge is -2.11. The maximum Gasteiger partial charge on any atom is 0.251 e. The summed E-state index contributed by atoms with van der Waals surface area (Å²) in [6.07, 6.45) is 4.47. The zero-order valence-corrected chi connectivity index (χ0v) is 21.8. The molecule has 1 heterocycles. The summed E-state index contributed by atoms with van der Waals surface area (Å²) in [7, 11) is 0. The van der Waals surface area contributed by atoms with Crippen LogP contribution in [0.1, 0.15) is 52.5 Å². The molecule has 2 amide bonds. The van der Waals surface area contributed by atoms with Crippen molar-refractivity contribution in [2.75, 3.05) is 42.1 Å². The zero-order valence-electron chi connectivity index (χ0n) is 21.8. The highest BCUT2D eigenvalue weighted by molar-refractivity contribution is 5.94. The predicted octanol–water partition coefficient (Wildman–Crippen LogP) is 3.84. The lowest BCUT2D eigenvalue weighted by atomic mass is 10.1. The van der Waals surface area contributed by atoms with Gasteiger partial charge in [0.2, 0.25) is 17.8 Å². The fraction of sp³-hybridized carbons (Fsp3) is 0.321. The molecule has 38 heavy (non-hydrogen) atoms. The molecule has 3 rings (SSSR count). The average molecular weight is 517 g/mol. The molecule has 0 saturated heterocycles. The van der Waals surface area contributed by atoms with Gasteiger partial charge in [0.05, 0.1) is 0 Å². The highest BCUT2D eigenvalue weighted by atomic mass is 16.2. The Labute approximate surface area is 223 Å². The van der Waals surface area contributed by atoms with E-state index >= 15 is 0 Å². The third-order valence-electron chi connectivity index (χ3n) is 5.48. The zero-order chi connectivity index (χ0) is 27.0. The van der Waals surface area contributed by atoms with E-state index in [9.17, 15) is 9.59 Å². The van der Waals surface area contributed by atoms with Gasteiger partial charge in [0, 0.05) is 43.9 Å². The molecule has 0 unspecified atom stereocenters. The van der Waals surface area contributed by atoms with Crippen molar-refractivity contribution in [3.8, 4) is 0 Å². The number of hydrogen-bond acceptors (Lipinski definition) is 8. The quantitative estimate of drug-likeness (QED) is 0.143. The number of aromatic nitrogens is 3. The van der Waals surface area contributed by atoms with Gasteiger partial charge in [-0.2, -0.15) is 15.0 Å². The van der Waals surface area contributed by atoms with Gasteiger partial charge in [0.15, 0.2) is 0 Å². The van der Waals surface area contributed by atoms with Gasteiger partial charge in [-0.25, -0.2) is 0 Å². The van der Waals surface area contributed by atoms with E-state index in [0.29, 0.717) is 61.6 Å². The smallest absolute Gasteiger partial charge is 0.251 e. The minimum atomic E-state index is -0.155. The first-order chi connectivity index (χ1) is 18.6. The van der Waals surface area contributed by atoms with E-state index in [-0.39, 0.29) is 11.8 Å². The van der Waals surface area contributed by atoms with Crippen LogP contribution in [-0.4, -0.2) is 52.9 Å². The predicted molar refractivity (Wildman–Crippen MR) is 151 cm³/mol. The third kappa shape index (κ3) is 9.53. The standard InChI is InChI=1S/C28H36N8O2/c1-3-5-17-32-27-34-26(31-16-4-2)35-28(36-27)33-20-21-12-14-23(15-13-21)25(38)30-19-9-18-29-24(37)22-10-7-6-8-11-22/h4,6-8,10-15H,2-3,5,9,16-20H2,1H3,(H,29,37)(H,30,38)(H3,31,32,33,34,35,36). The molecular formula is C28H36N8O2. The Morgan fingerprint density at radius 3 is 1.92 bits per heavy atom. The van der Waals surface area contributed by atoms with E-state index in [1.165, 1.54) is 0 Å². The summed E-state index contributed by atoms with van der Waals surface area (Å²) in [6, 6.07) is 16.4. The molecule has 0 fully saturated rings. The van der Waals surface area contributed by atoms with Crippen LogP contribution in [0.3, 0.4) is 0 Å². The van der Waals surface area contributed by atoms with Crippen LogP contribution in [0.15, 0.2) is 67.3 Å². The van der Waals surface area contributed by atoms with Gasteiger partial charge in [-0.05, 0) is 42.7 Å². The number of hydrogen-bond donors (Lipinski definition) is 5. The molecule has 0 aliphatic carbocycles. The molecule has 0 spiro atoms. The fourth-order valence-electron chi connectivity index (χ4n) is 3.39. The van der Waals surface area contributed by atoms with Crippen LogP contribution in [0.5, 0.6) is 0 Å². The number of carbonyl (C=O) groups is 2. The van der Waals surface area contributed by atoms with Crippen molar-refractivity contribution >= 4 is 29.7 Å². The number of unbranched alkanes of at least 4 members (excludes halogenated alkanes) is 1. The minimum absolute atomic E-state index is 0.119. The fourth-order valence-corrected chi connectivity index (χ4v) is 3.39. The van der Waals surface area contributed by atoms with Gasteiger partial charge < -0.3 is 26.6 Å². The summed E-state index contributed by atoms with van der Waals surface area (Å²) in [5.41, 5.74) is 2.17. The highest BCUT2D eigenvalue weighted by Crippen LogP contribution is 2.12. The van der Waals surface area contributed by atoms with Gasteiger partial charge in [0.25, 0.3) is 11.8 Å². The molecule has 10 heteroatoms. The van der Waals surface area contributed by atoms with Gasteiger partial charge in [-0.15, -0.1) is 6.58 Å². The monoisotopic (exact) mass is 516 g/mol. The number of amides is 2. The van der Waals surface area contributed by atoms with E-state index in [2.05, 4.69) is 55.0 Å². The molecule has 2 aromatic carbocycles. The second-order valence-corrected chi connectivity index (χ2v) is 8.54. The van der Waals surface area contributed by atoms with Crippen molar-refractivity contribution in [3.05, 3.63) is 83.9 Å². The van der Waals surface area contributed by atoms with Gasteiger partial charge in [0.1, 0.15) is 0 Å². The maximum absolute atomic E-state index is 12.5. The number of rotatable bonds is 16. The van der Waals surface area contributed by atoms with E-state index in [1.54, 1.807) is 30.3 Å². The Kier molecular flexibility index (Phi) is 11.5. The molecule has 0 saturated carbocycles. The third-order valence-corrected chi connectivity index (χ3v) is 5.48. The van der Waals surface area contributed by atoms with Crippen molar-refractivity contribution in [3.63, 3.8) is 0 Å². The van der Waals surface area contributed by atoms with Crippen LogP contribution in [0.25, 0.3) is 0 Å². The van der Waals surface area contributed by atoms with Crippen molar-refractivity contribution < 1.29 is 9.59 Å². The molecule has 1 aromatic heterocycles. The first kappa shape index (κ1) is 28.1. The van der Waals surface area contributed by atoms with Crippen molar-refractivity contribution in [2.24, 2.45) is 0 Å². The van der Waals surface area contributed by atoms with Crippen LogP contribution in [0.4, 0.5) is 17.8 Å². The number of nitrogens with one attached hydrogen (secondary N) is 5. The number of nitrogens with zero attached hydrogens (tertiary/aromatic N) is 3. The molecule has 10 nitrogen and oxygen atoms in total. The largest absolute Gasteiger partial charge is 0.354 e. The van der Waals surface area contributed by atoms with Gasteiger partial charge >= 0.3 is 0 Å². The first-order valence-electron chi connectivity index (χ1n) is 12.9. The summed E-state index contributed by atoms with van der Waals surface area (Å²) in [5.74, 6) is 1.15. The summed E-state index contributed by atoms with van der Waals surface area (Å²) in [5, 5.41) is 15.3. The Balaban J connectivity index is 1.44. The summed E-state index contributed by atoms with van der Waals surface area (Å²) < 4.78 is 0. The average Bonchev–Trinajstić information content (AvgIpc) is 2.95. The molecule has 200 valence electrons. The molecule has 5 N–H and O–H groups in total. The summed E-state index contributed by atoms with van der Waals surface area (Å²) in [6.45, 7) is 8.60. The second-order valence-electron chi connectivity index (χ2n) is 8.54. The Bertz CT molecular complexity index is 1170. The highest BCUT2D eigenvalue weighted by Gasteiger charge is 2.08. The SMILES string of the molecule is C=CCNc1nc(NCCCC)nc(NCc2ccc(C(=O)NCCCNC(=O)c3ccccc3)cc2)n1. The molecule has 3 aromatic rings. The van der Waals surface area contributed by atoms with Crippen molar-refractivity contribution in [2.45, 2.75) is 32.7 Å². The van der Waals surface area contributed by atoms with E-state index in [1.807, 2.05) is 30.3 Å².